The van der Waals surface area contributed by atoms with Crippen molar-refractivity contribution in [1.82, 2.24) is 9.78 Å². The normalized spacial score (nSPS) is 10.9. The number of hydrogen-bond donors (Lipinski definition) is 1. The quantitative estimate of drug-likeness (QED) is 0.853. The fourth-order valence-electron chi connectivity index (χ4n) is 1.78. The molecule has 1 amide bonds. The molecule has 0 radical (unpaired) electrons. The number of nitrogens with zero attached hydrogens (tertiary/aromatic N) is 2. The van der Waals surface area contributed by atoms with Gasteiger partial charge in [-0.15, -0.1) is 0 Å². The molecule has 0 unspecified atom stereocenters. The zero-order chi connectivity index (χ0) is 12.3. The van der Waals surface area contributed by atoms with Crippen LogP contribution in [-0.2, 0) is 4.79 Å². The Balaban J connectivity index is 2.92. The van der Waals surface area contributed by atoms with Crippen molar-refractivity contribution >= 4 is 11.6 Å². The lowest BCUT2D eigenvalue weighted by atomic mass is 10.2. The molecule has 16 heavy (non-hydrogen) atoms. The SMILES string of the molecule is CCCC(=O)Nc1c(C)nn(C(C)C)c1C. The van der Waals surface area contributed by atoms with E-state index in [1.54, 1.807) is 0 Å². The van der Waals surface area contributed by atoms with E-state index >= 15 is 0 Å². The zero-order valence-corrected chi connectivity index (χ0v) is 10.8. The van der Waals surface area contributed by atoms with Crippen LogP contribution in [0.4, 0.5) is 5.69 Å². The summed E-state index contributed by atoms with van der Waals surface area (Å²) in [5.74, 6) is 0.0667. The lowest BCUT2D eigenvalue weighted by Gasteiger charge is -2.09. The van der Waals surface area contributed by atoms with Gasteiger partial charge in [0.15, 0.2) is 0 Å². The molecule has 1 aromatic rings. The first-order valence-corrected chi connectivity index (χ1v) is 5.82. The maximum atomic E-state index is 11.5. The highest BCUT2D eigenvalue weighted by Crippen LogP contribution is 2.22. The monoisotopic (exact) mass is 223 g/mol. The average molecular weight is 223 g/mol. The van der Waals surface area contributed by atoms with Crippen molar-refractivity contribution in [2.75, 3.05) is 5.32 Å². The summed E-state index contributed by atoms with van der Waals surface area (Å²) in [6.45, 7) is 10.1. The van der Waals surface area contributed by atoms with Crippen LogP contribution in [0, 0.1) is 13.8 Å². The Morgan fingerprint density at radius 1 is 1.44 bits per heavy atom. The third-order valence-corrected chi connectivity index (χ3v) is 2.56. The first-order chi connectivity index (χ1) is 7.47. The lowest BCUT2D eigenvalue weighted by Crippen LogP contribution is -2.12. The third kappa shape index (κ3) is 2.62. The number of amides is 1. The molecule has 1 heterocycles. The molecule has 0 aliphatic rings. The van der Waals surface area contributed by atoms with E-state index in [0.717, 1.165) is 23.5 Å². The molecule has 0 aliphatic carbocycles. The van der Waals surface area contributed by atoms with E-state index in [-0.39, 0.29) is 5.91 Å². The Hall–Kier alpha value is -1.32. The summed E-state index contributed by atoms with van der Waals surface area (Å²) in [6, 6.07) is 0.315. The summed E-state index contributed by atoms with van der Waals surface area (Å²) in [4.78, 5) is 11.5. The van der Waals surface area contributed by atoms with E-state index < -0.39 is 0 Å². The lowest BCUT2D eigenvalue weighted by molar-refractivity contribution is -0.116. The Kier molecular flexibility index (Phi) is 4.10. The van der Waals surface area contributed by atoms with Crippen LogP contribution in [0.15, 0.2) is 0 Å². The first kappa shape index (κ1) is 12.7. The number of rotatable bonds is 4. The molecule has 0 aromatic carbocycles. The molecule has 4 nitrogen and oxygen atoms in total. The highest BCUT2D eigenvalue weighted by atomic mass is 16.1. The van der Waals surface area contributed by atoms with Crippen molar-refractivity contribution in [2.45, 2.75) is 53.5 Å². The molecular weight excluding hydrogens is 202 g/mol. The summed E-state index contributed by atoms with van der Waals surface area (Å²) in [5.41, 5.74) is 2.78. The first-order valence-electron chi connectivity index (χ1n) is 5.82. The van der Waals surface area contributed by atoms with E-state index in [1.807, 2.05) is 25.5 Å². The van der Waals surface area contributed by atoms with Gasteiger partial charge in [0.25, 0.3) is 0 Å². The van der Waals surface area contributed by atoms with Gasteiger partial charge in [-0.1, -0.05) is 6.92 Å². The fraction of sp³-hybridized carbons (Fsp3) is 0.667. The van der Waals surface area contributed by atoms with Gasteiger partial charge < -0.3 is 5.32 Å². The topological polar surface area (TPSA) is 46.9 Å². The summed E-state index contributed by atoms with van der Waals surface area (Å²) in [5, 5.41) is 7.36. The van der Waals surface area contributed by atoms with Gasteiger partial charge in [-0.05, 0) is 34.1 Å². The minimum atomic E-state index is 0.0667. The van der Waals surface area contributed by atoms with Crippen molar-refractivity contribution in [3.8, 4) is 0 Å². The van der Waals surface area contributed by atoms with Gasteiger partial charge in [-0.25, -0.2) is 0 Å². The maximum Gasteiger partial charge on any atom is 0.224 e. The third-order valence-electron chi connectivity index (χ3n) is 2.56. The molecule has 0 fully saturated rings. The Morgan fingerprint density at radius 3 is 2.50 bits per heavy atom. The zero-order valence-electron chi connectivity index (χ0n) is 10.8. The molecule has 0 bridgehead atoms. The molecule has 0 spiro atoms. The largest absolute Gasteiger partial charge is 0.323 e. The molecular formula is C12H21N3O. The Labute approximate surface area is 97.0 Å². The standard InChI is InChI=1S/C12H21N3O/c1-6-7-11(16)13-12-9(4)14-15(8(2)3)10(12)5/h8H,6-7H2,1-5H3,(H,13,16). The Bertz CT molecular complexity index is 380. The minimum Gasteiger partial charge on any atom is -0.323 e. The minimum absolute atomic E-state index is 0.0667. The second-order valence-electron chi connectivity index (χ2n) is 4.38. The van der Waals surface area contributed by atoms with Crippen LogP contribution in [0.1, 0.15) is 51.0 Å². The van der Waals surface area contributed by atoms with Crippen LogP contribution in [0.2, 0.25) is 0 Å². The molecule has 0 saturated heterocycles. The molecule has 0 aliphatic heterocycles. The average Bonchev–Trinajstić information content (AvgIpc) is 2.46. The van der Waals surface area contributed by atoms with Crippen LogP contribution < -0.4 is 5.32 Å². The summed E-state index contributed by atoms with van der Waals surface area (Å²) in [6.07, 6.45) is 1.42. The van der Waals surface area contributed by atoms with E-state index in [9.17, 15) is 4.79 Å². The predicted octanol–water partition coefficient (Wildman–Crippen LogP) is 2.82. The molecule has 1 rings (SSSR count). The number of carbonyl (C=O) groups excluding carboxylic acids is 1. The van der Waals surface area contributed by atoms with E-state index in [0.29, 0.717) is 12.5 Å². The molecule has 0 saturated carbocycles. The summed E-state index contributed by atoms with van der Waals surface area (Å²) >= 11 is 0. The van der Waals surface area contributed by atoms with Gasteiger partial charge in [0.2, 0.25) is 5.91 Å². The molecule has 0 atom stereocenters. The van der Waals surface area contributed by atoms with E-state index in [4.69, 9.17) is 0 Å². The smallest absolute Gasteiger partial charge is 0.224 e. The highest BCUT2D eigenvalue weighted by Gasteiger charge is 2.14. The van der Waals surface area contributed by atoms with Gasteiger partial charge in [0.05, 0.1) is 17.1 Å². The number of carbonyl (C=O) groups is 1. The van der Waals surface area contributed by atoms with Crippen molar-refractivity contribution in [3.05, 3.63) is 11.4 Å². The predicted molar refractivity (Wildman–Crippen MR) is 65.6 cm³/mol. The van der Waals surface area contributed by atoms with Gasteiger partial charge in [-0.2, -0.15) is 5.10 Å². The van der Waals surface area contributed by atoms with Crippen molar-refractivity contribution in [2.24, 2.45) is 0 Å². The van der Waals surface area contributed by atoms with Crippen LogP contribution in [-0.4, -0.2) is 15.7 Å². The number of anilines is 1. The van der Waals surface area contributed by atoms with Crippen molar-refractivity contribution < 1.29 is 4.79 Å². The Morgan fingerprint density at radius 2 is 2.06 bits per heavy atom. The molecule has 4 heteroatoms. The summed E-state index contributed by atoms with van der Waals surface area (Å²) < 4.78 is 1.94. The molecule has 1 aromatic heterocycles. The number of nitrogens with one attached hydrogen (secondary N) is 1. The van der Waals surface area contributed by atoms with Gasteiger partial charge in [0.1, 0.15) is 0 Å². The highest BCUT2D eigenvalue weighted by molar-refractivity contribution is 5.91. The van der Waals surface area contributed by atoms with Gasteiger partial charge in [0, 0.05) is 12.5 Å². The summed E-state index contributed by atoms with van der Waals surface area (Å²) in [7, 11) is 0. The van der Waals surface area contributed by atoms with Crippen LogP contribution in [0.3, 0.4) is 0 Å². The second kappa shape index (κ2) is 5.14. The van der Waals surface area contributed by atoms with Crippen molar-refractivity contribution in [1.29, 1.82) is 0 Å². The number of hydrogen-bond acceptors (Lipinski definition) is 2. The maximum absolute atomic E-state index is 11.5. The molecule has 90 valence electrons. The fourth-order valence-corrected chi connectivity index (χ4v) is 1.78. The van der Waals surface area contributed by atoms with Crippen LogP contribution in [0.5, 0.6) is 0 Å². The van der Waals surface area contributed by atoms with E-state index in [2.05, 4.69) is 24.3 Å². The number of aromatic nitrogens is 2. The molecule has 1 N–H and O–H groups in total. The second-order valence-corrected chi connectivity index (χ2v) is 4.38. The van der Waals surface area contributed by atoms with Crippen LogP contribution >= 0.6 is 0 Å². The number of aryl methyl sites for hydroxylation is 1. The van der Waals surface area contributed by atoms with Gasteiger partial charge >= 0.3 is 0 Å². The van der Waals surface area contributed by atoms with Crippen LogP contribution in [0.25, 0.3) is 0 Å². The van der Waals surface area contributed by atoms with Crippen molar-refractivity contribution in [3.63, 3.8) is 0 Å². The van der Waals surface area contributed by atoms with Gasteiger partial charge in [-0.3, -0.25) is 9.48 Å². The van der Waals surface area contributed by atoms with E-state index in [1.165, 1.54) is 0 Å².